The van der Waals surface area contributed by atoms with Gasteiger partial charge in [0.25, 0.3) is 0 Å². The zero-order valence-electron chi connectivity index (χ0n) is 7.15. The van der Waals surface area contributed by atoms with Crippen LogP contribution in [0.5, 0.6) is 0 Å². The number of nitrogens with zero attached hydrogens (tertiary/aromatic N) is 1. The number of furan rings is 1. The predicted molar refractivity (Wildman–Crippen MR) is 49.5 cm³/mol. The molecule has 0 aromatic carbocycles. The van der Waals surface area contributed by atoms with Gasteiger partial charge >= 0.3 is 6.03 Å². The zero-order chi connectivity index (χ0) is 9.97. The second-order valence-corrected chi connectivity index (χ2v) is 2.63. The third-order valence-electron chi connectivity index (χ3n) is 1.62. The van der Waals surface area contributed by atoms with Crippen LogP contribution in [0, 0.1) is 0 Å². The molecule has 0 radical (unpaired) electrons. The van der Waals surface area contributed by atoms with Crippen LogP contribution in [0.4, 0.5) is 10.6 Å². The number of rotatable bonds is 2. The topological polar surface area (TPSA) is 96.9 Å². The third-order valence-corrected chi connectivity index (χ3v) is 1.62. The second-order valence-electron chi connectivity index (χ2n) is 2.63. The van der Waals surface area contributed by atoms with Crippen LogP contribution in [0.15, 0.2) is 28.9 Å². The first kappa shape index (κ1) is 8.36. The van der Waals surface area contributed by atoms with E-state index in [4.69, 9.17) is 10.2 Å². The minimum atomic E-state index is -0.650. The Hall–Kier alpha value is -2.24. The number of urea groups is 1. The molecule has 0 spiro atoms. The van der Waals surface area contributed by atoms with E-state index in [0.717, 1.165) is 0 Å². The van der Waals surface area contributed by atoms with Crippen LogP contribution in [0.2, 0.25) is 0 Å². The van der Waals surface area contributed by atoms with Gasteiger partial charge in [0.15, 0.2) is 11.6 Å². The van der Waals surface area contributed by atoms with E-state index in [1.165, 1.54) is 0 Å². The Morgan fingerprint density at radius 2 is 2.50 bits per heavy atom. The van der Waals surface area contributed by atoms with E-state index in [1.54, 1.807) is 24.5 Å². The molecule has 0 saturated heterocycles. The Balaban J connectivity index is 2.22. The van der Waals surface area contributed by atoms with Crippen molar-refractivity contribution in [2.45, 2.75) is 0 Å². The Labute approximate surface area is 79.1 Å². The highest BCUT2D eigenvalue weighted by molar-refractivity contribution is 5.87. The van der Waals surface area contributed by atoms with Gasteiger partial charge in [0.2, 0.25) is 0 Å². The molecule has 6 nitrogen and oxygen atoms in total. The number of nitrogens with one attached hydrogen (secondary N) is 2. The van der Waals surface area contributed by atoms with Crippen LogP contribution in [0.1, 0.15) is 0 Å². The Morgan fingerprint density at radius 1 is 1.64 bits per heavy atom. The Kier molecular flexibility index (Phi) is 1.94. The summed E-state index contributed by atoms with van der Waals surface area (Å²) in [6.45, 7) is 0. The van der Waals surface area contributed by atoms with E-state index < -0.39 is 6.03 Å². The van der Waals surface area contributed by atoms with Crippen molar-refractivity contribution in [1.82, 2.24) is 10.2 Å². The van der Waals surface area contributed by atoms with E-state index in [0.29, 0.717) is 17.3 Å². The first-order valence-corrected chi connectivity index (χ1v) is 3.91. The van der Waals surface area contributed by atoms with Gasteiger partial charge < -0.3 is 10.2 Å². The van der Waals surface area contributed by atoms with Crippen LogP contribution in [-0.2, 0) is 0 Å². The molecule has 2 heterocycles. The molecule has 2 aromatic rings. The van der Waals surface area contributed by atoms with Gasteiger partial charge in [0.1, 0.15) is 5.69 Å². The number of carbonyl (C=O) groups is 1. The van der Waals surface area contributed by atoms with E-state index in [9.17, 15) is 4.79 Å². The Morgan fingerprint density at radius 3 is 3.14 bits per heavy atom. The third kappa shape index (κ3) is 1.58. The summed E-state index contributed by atoms with van der Waals surface area (Å²) < 4.78 is 5.12. The quantitative estimate of drug-likeness (QED) is 0.665. The lowest BCUT2D eigenvalue weighted by atomic mass is 10.3. The van der Waals surface area contributed by atoms with Gasteiger partial charge in [0, 0.05) is 6.07 Å². The molecule has 14 heavy (non-hydrogen) atoms. The lowest BCUT2D eigenvalue weighted by molar-refractivity contribution is 0.259. The summed E-state index contributed by atoms with van der Waals surface area (Å²) in [7, 11) is 0. The molecule has 2 amide bonds. The van der Waals surface area contributed by atoms with Crippen LogP contribution in [0.25, 0.3) is 11.5 Å². The number of hydrogen-bond acceptors (Lipinski definition) is 3. The first-order chi connectivity index (χ1) is 6.75. The standard InChI is InChI=1S/C8H8N4O2/c9-8(13)10-7-4-5(11-12-7)6-2-1-3-14-6/h1-4H,(H4,9,10,11,12,13). The summed E-state index contributed by atoms with van der Waals surface area (Å²) in [6.07, 6.45) is 1.55. The lowest BCUT2D eigenvalue weighted by Gasteiger charge is -1.91. The van der Waals surface area contributed by atoms with Crippen molar-refractivity contribution in [1.29, 1.82) is 0 Å². The number of H-pyrrole nitrogens is 1. The van der Waals surface area contributed by atoms with Gasteiger partial charge in [-0.05, 0) is 12.1 Å². The molecule has 2 aromatic heterocycles. The van der Waals surface area contributed by atoms with Crippen molar-refractivity contribution >= 4 is 11.8 Å². The molecule has 2 rings (SSSR count). The second kappa shape index (κ2) is 3.25. The van der Waals surface area contributed by atoms with Crippen molar-refractivity contribution < 1.29 is 9.21 Å². The molecule has 0 fully saturated rings. The van der Waals surface area contributed by atoms with Crippen molar-refractivity contribution in [2.75, 3.05) is 5.32 Å². The highest BCUT2D eigenvalue weighted by atomic mass is 16.3. The number of hydrogen-bond donors (Lipinski definition) is 3. The van der Waals surface area contributed by atoms with E-state index in [-0.39, 0.29) is 0 Å². The van der Waals surface area contributed by atoms with Gasteiger partial charge in [0.05, 0.1) is 6.26 Å². The lowest BCUT2D eigenvalue weighted by Crippen LogP contribution is -2.19. The summed E-state index contributed by atoms with van der Waals surface area (Å²) >= 11 is 0. The van der Waals surface area contributed by atoms with E-state index in [1.807, 2.05) is 0 Å². The molecule has 72 valence electrons. The maximum Gasteiger partial charge on any atom is 0.317 e. The largest absolute Gasteiger partial charge is 0.463 e. The summed E-state index contributed by atoms with van der Waals surface area (Å²) in [5.41, 5.74) is 5.60. The predicted octanol–water partition coefficient (Wildman–Crippen LogP) is 1.16. The van der Waals surface area contributed by atoms with Crippen LogP contribution < -0.4 is 11.1 Å². The summed E-state index contributed by atoms with van der Waals surface area (Å²) in [5.74, 6) is 1.01. The van der Waals surface area contributed by atoms with Gasteiger partial charge in [-0.15, -0.1) is 0 Å². The number of primary amides is 1. The fourth-order valence-corrected chi connectivity index (χ4v) is 1.07. The monoisotopic (exact) mass is 192 g/mol. The minimum Gasteiger partial charge on any atom is -0.463 e. The molecule has 0 aliphatic rings. The molecule has 0 saturated carbocycles. The van der Waals surface area contributed by atoms with Gasteiger partial charge in [-0.3, -0.25) is 10.4 Å². The number of aromatic amines is 1. The van der Waals surface area contributed by atoms with Crippen molar-refractivity contribution in [3.8, 4) is 11.5 Å². The summed E-state index contributed by atoms with van der Waals surface area (Å²) in [6, 6.07) is 4.52. The van der Waals surface area contributed by atoms with E-state index >= 15 is 0 Å². The minimum absolute atomic E-state index is 0.365. The summed E-state index contributed by atoms with van der Waals surface area (Å²) in [4.78, 5) is 10.5. The van der Waals surface area contributed by atoms with Crippen LogP contribution in [0.3, 0.4) is 0 Å². The SMILES string of the molecule is NC(=O)Nc1cc(-c2ccco2)[nH]n1. The Bertz CT molecular complexity index is 432. The average molecular weight is 192 g/mol. The molecular weight excluding hydrogens is 184 g/mol. The zero-order valence-corrected chi connectivity index (χ0v) is 7.15. The number of anilines is 1. The molecule has 0 aliphatic heterocycles. The molecule has 0 aliphatic carbocycles. The van der Waals surface area contributed by atoms with Crippen LogP contribution >= 0.6 is 0 Å². The molecule has 0 bridgehead atoms. The number of carbonyl (C=O) groups excluding carboxylic acids is 1. The molecule has 6 heteroatoms. The molecular formula is C8H8N4O2. The van der Waals surface area contributed by atoms with Gasteiger partial charge in [-0.25, -0.2) is 4.79 Å². The van der Waals surface area contributed by atoms with Gasteiger partial charge in [-0.1, -0.05) is 0 Å². The fraction of sp³-hybridized carbons (Fsp3) is 0. The van der Waals surface area contributed by atoms with Crippen molar-refractivity contribution in [3.05, 3.63) is 24.5 Å². The average Bonchev–Trinajstić information content (AvgIpc) is 2.69. The maximum atomic E-state index is 10.5. The number of amides is 2. The van der Waals surface area contributed by atoms with Crippen molar-refractivity contribution in [3.63, 3.8) is 0 Å². The molecule has 0 unspecified atom stereocenters. The normalized spacial score (nSPS) is 10.0. The molecule has 4 N–H and O–H groups in total. The van der Waals surface area contributed by atoms with Crippen LogP contribution in [-0.4, -0.2) is 16.2 Å². The first-order valence-electron chi connectivity index (χ1n) is 3.91. The molecule has 0 atom stereocenters. The van der Waals surface area contributed by atoms with E-state index in [2.05, 4.69) is 15.5 Å². The highest BCUT2D eigenvalue weighted by Gasteiger charge is 2.06. The number of nitrogens with two attached hydrogens (primary N) is 1. The summed E-state index contributed by atoms with van der Waals surface area (Å²) in [5, 5.41) is 8.86. The highest BCUT2D eigenvalue weighted by Crippen LogP contribution is 2.19. The van der Waals surface area contributed by atoms with Gasteiger partial charge in [-0.2, -0.15) is 5.10 Å². The smallest absolute Gasteiger partial charge is 0.317 e. The maximum absolute atomic E-state index is 10.5. The number of aromatic nitrogens is 2. The van der Waals surface area contributed by atoms with Crippen molar-refractivity contribution in [2.24, 2.45) is 5.73 Å². The fourth-order valence-electron chi connectivity index (χ4n) is 1.07.